The van der Waals surface area contributed by atoms with Crippen LogP contribution in [0.3, 0.4) is 0 Å². The molecule has 2 atom stereocenters. The molecule has 0 bridgehead atoms. The number of likely N-dealkylation sites (N-methyl/N-ethyl adjacent to an activating group) is 1. The lowest BCUT2D eigenvalue weighted by Crippen LogP contribution is -2.41. The monoisotopic (exact) mass is 262 g/mol. The van der Waals surface area contributed by atoms with Crippen molar-refractivity contribution in [2.75, 3.05) is 34.4 Å². The maximum Gasteiger partial charge on any atom is 0.0618 e. The minimum absolute atomic E-state index is 0.372. The molecule has 2 rings (SSSR count). The van der Waals surface area contributed by atoms with Gasteiger partial charge in [0.05, 0.1) is 6.61 Å². The van der Waals surface area contributed by atoms with Crippen molar-refractivity contribution in [1.82, 2.24) is 10.2 Å². The fraction of sp³-hybridized carbons (Fsp3) is 0.625. The number of methoxy groups -OCH3 is 1. The van der Waals surface area contributed by atoms with Crippen LogP contribution >= 0.6 is 0 Å². The van der Waals surface area contributed by atoms with Gasteiger partial charge in [0.15, 0.2) is 0 Å². The van der Waals surface area contributed by atoms with Crippen molar-refractivity contribution < 1.29 is 4.74 Å². The lowest BCUT2D eigenvalue weighted by molar-refractivity contribution is 0.147. The standard InChI is InChI=1S/C16H26N2O/c1-18(2)11-15(13-7-5-4-6-8-13)17-16(12-19-3)14-9-10-14/h4-8,14-17H,9-12H2,1-3H3. The van der Waals surface area contributed by atoms with Crippen LogP contribution in [0.25, 0.3) is 0 Å². The van der Waals surface area contributed by atoms with Crippen LogP contribution in [-0.2, 0) is 4.74 Å². The summed E-state index contributed by atoms with van der Waals surface area (Å²) in [4.78, 5) is 2.24. The Morgan fingerprint density at radius 3 is 2.47 bits per heavy atom. The fourth-order valence-corrected chi connectivity index (χ4v) is 2.56. The largest absolute Gasteiger partial charge is 0.383 e. The van der Waals surface area contributed by atoms with Crippen LogP contribution in [-0.4, -0.2) is 45.3 Å². The quantitative estimate of drug-likeness (QED) is 0.778. The average Bonchev–Trinajstić information content (AvgIpc) is 3.22. The van der Waals surface area contributed by atoms with Crippen LogP contribution in [0.15, 0.2) is 30.3 Å². The van der Waals surface area contributed by atoms with Crippen molar-refractivity contribution in [3.05, 3.63) is 35.9 Å². The van der Waals surface area contributed by atoms with Crippen molar-refractivity contribution in [3.8, 4) is 0 Å². The molecule has 1 aromatic carbocycles. The highest BCUT2D eigenvalue weighted by atomic mass is 16.5. The molecule has 0 saturated heterocycles. The molecule has 0 aromatic heterocycles. The van der Waals surface area contributed by atoms with Gasteiger partial charge in [-0.2, -0.15) is 0 Å². The van der Waals surface area contributed by atoms with Crippen molar-refractivity contribution in [3.63, 3.8) is 0 Å². The molecule has 1 aliphatic carbocycles. The van der Waals surface area contributed by atoms with Crippen molar-refractivity contribution >= 4 is 0 Å². The lowest BCUT2D eigenvalue weighted by atomic mass is 10.0. The second kappa shape index (κ2) is 7.04. The fourth-order valence-electron chi connectivity index (χ4n) is 2.56. The molecule has 1 aromatic rings. The number of benzene rings is 1. The van der Waals surface area contributed by atoms with Gasteiger partial charge in [-0.25, -0.2) is 0 Å². The van der Waals surface area contributed by atoms with Gasteiger partial charge < -0.3 is 15.0 Å². The van der Waals surface area contributed by atoms with Gasteiger partial charge in [0.25, 0.3) is 0 Å². The first-order chi connectivity index (χ1) is 9.20. The summed E-state index contributed by atoms with van der Waals surface area (Å²) in [5.41, 5.74) is 1.36. The van der Waals surface area contributed by atoms with E-state index in [4.69, 9.17) is 4.74 Å². The van der Waals surface area contributed by atoms with Crippen molar-refractivity contribution in [2.45, 2.75) is 24.9 Å². The topological polar surface area (TPSA) is 24.5 Å². The highest BCUT2D eigenvalue weighted by Gasteiger charge is 2.32. The highest BCUT2D eigenvalue weighted by molar-refractivity contribution is 5.19. The van der Waals surface area contributed by atoms with Crippen LogP contribution in [0.1, 0.15) is 24.4 Å². The van der Waals surface area contributed by atoms with E-state index < -0.39 is 0 Å². The Morgan fingerprint density at radius 1 is 1.26 bits per heavy atom. The van der Waals surface area contributed by atoms with E-state index in [0.29, 0.717) is 12.1 Å². The normalized spacial score (nSPS) is 18.5. The Balaban J connectivity index is 2.04. The molecule has 0 aliphatic heterocycles. The first-order valence-electron chi connectivity index (χ1n) is 7.15. The van der Waals surface area contributed by atoms with Gasteiger partial charge in [0.2, 0.25) is 0 Å². The third-order valence-electron chi connectivity index (χ3n) is 3.70. The molecule has 0 radical (unpaired) electrons. The molecular weight excluding hydrogens is 236 g/mol. The molecule has 1 aliphatic rings. The minimum atomic E-state index is 0.372. The van der Waals surface area contributed by atoms with Crippen LogP contribution in [0.4, 0.5) is 0 Å². The van der Waals surface area contributed by atoms with Gasteiger partial charge in [-0.05, 0) is 38.4 Å². The molecule has 2 unspecified atom stereocenters. The summed E-state index contributed by atoms with van der Waals surface area (Å²) >= 11 is 0. The molecule has 0 amide bonds. The van der Waals surface area contributed by atoms with Gasteiger partial charge in [0.1, 0.15) is 0 Å². The Morgan fingerprint density at radius 2 is 1.95 bits per heavy atom. The summed E-state index contributed by atoms with van der Waals surface area (Å²) in [7, 11) is 6.04. The molecule has 19 heavy (non-hydrogen) atoms. The number of nitrogens with zero attached hydrogens (tertiary/aromatic N) is 1. The Labute approximate surface area is 116 Å². The van der Waals surface area contributed by atoms with Gasteiger partial charge in [-0.15, -0.1) is 0 Å². The third kappa shape index (κ3) is 4.60. The molecule has 1 N–H and O–H groups in total. The van der Waals surface area contributed by atoms with Crippen LogP contribution in [0, 0.1) is 5.92 Å². The maximum atomic E-state index is 5.37. The van der Waals surface area contributed by atoms with E-state index in [2.05, 4.69) is 54.6 Å². The SMILES string of the molecule is COCC(NC(CN(C)C)c1ccccc1)C1CC1. The molecule has 3 heteroatoms. The summed E-state index contributed by atoms with van der Waals surface area (Å²) in [6.07, 6.45) is 2.68. The van der Waals surface area contributed by atoms with E-state index in [1.54, 1.807) is 7.11 Å². The van der Waals surface area contributed by atoms with E-state index in [0.717, 1.165) is 19.1 Å². The molecule has 3 nitrogen and oxygen atoms in total. The summed E-state index contributed by atoms with van der Waals surface area (Å²) in [5.74, 6) is 0.799. The van der Waals surface area contributed by atoms with Gasteiger partial charge in [-0.1, -0.05) is 30.3 Å². The Bertz CT molecular complexity index is 362. The zero-order chi connectivity index (χ0) is 13.7. The number of nitrogens with one attached hydrogen (secondary N) is 1. The third-order valence-corrected chi connectivity index (χ3v) is 3.70. The van der Waals surface area contributed by atoms with E-state index in [1.165, 1.54) is 18.4 Å². The number of rotatable bonds is 8. The second-order valence-corrected chi connectivity index (χ2v) is 5.79. The van der Waals surface area contributed by atoms with Crippen molar-refractivity contribution in [1.29, 1.82) is 0 Å². The molecule has 1 fully saturated rings. The average molecular weight is 262 g/mol. The zero-order valence-electron chi connectivity index (χ0n) is 12.3. The molecule has 0 spiro atoms. The molecule has 106 valence electrons. The Kier molecular flexibility index (Phi) is 5.37. The Hall–Kier alpha value is -0.900. The highest BCUT2D eigenvalue weighted by Crippen LogP contribution is 2.34. The van der Waals surface area contributed by atoms with E-state index in [1.807, 2.05) is 0 Å². The molecular formula is C16H26N2O. The predicted octanol–water partition coefficient (Wildman–Crippen LogP) is 2.30. The van der Waals surface area contributed by atoms with E-state index in [9.17, 15) is 0 Å². The summed E-state index contributed by atoms with van der Waals surface area (Å²) in [6.45, 7) is 1.82. The minimum Gasteiger partial charge on any atom is -0.383 e. The van der Waals surface area contributed by atoms with Gasteiger partial charge in [0, 0.05) is 25.7 Å². The van der Waals surface area contributed by atoms with Crippen LogP contribution < -0.4 is 5.32 Å². The van der Waals surface area contributed by atoms with Crippen LogP contribution in [0.2, 0.25) is 0 Å². The summed E-state index contributed by atoms with van der Waals surface area (Å²) in [6, 6.07) is 11.6. The first kappa shape index (κ1) is 14.5. The van der Waals surface area contributed by atoms with Gasteiger partial charge >= 0.3 is 0 Å². The summed E-state index contributed by atoms with van der Waals surface area (Å²) < 4.78 is 5.37. The van der Waals surface area contributed by atoms with Crippen molar-refractivity contribution in [2.24, 2.45) is 5.92 Å². The molecule has 1 saturated carbocycles. The number of hydrogen-bond acceptors (Lipinski definition) is 3. The van der Waals surface area contributed by atoms with Gasteiger partial charge in [-0.3, -0.25) is 0 Å². The second-order valence-electron chi connectivity index (χ2n) is 5.79. The zero-order valence-corrected chi connectivity index (χ0v) is 12.3. The number of hydrogen-bond donors (Lipinski definition) is 1. The predicted molar refractivity (Wildman–Crippen MR) is 79.3 cm³/mol. The lowest BCUT2D eigenvalue weighted by Gasteiger charge is -2.28. The smallest absolute Gasteiger partial charge is 0.0618 e. The van der Waals surface area contributed by atoms with Crippen LogP contribution in [0.5, 0.6) is 0 Å². The molecule has 0 heterocycles. The summed E-state index contributed by atoms with van der Waals surface area (Å²) in [5, 5.41) is 3.80. The van der Waals surface area contributed by atoms with E-state index >= 15 is 0 Å². The number of ether oxygens (including phenoxy) is 1. The van der Waals surface area contributed by atoms with E-state index in [-0.39, 0.29) is 0 Å². The first-order valence-corrected chi connectivity index (χ1v) is 7.15. The maximum absolute atomic E-state index is 5.37.